The smallest absolute Gasteiger partial charge is 0.222 e. The predicted octanol–water partition coefficient (Wildman–Crippen LogP) is 2.87. The van der Waals surface area contributed by atoms with E-state index in [0.29, 0.717) is 0 Å². The molecule has 122 valence electrons. The van der Waals surface area contributed by atoms with Gasteiger partial charge in [0, 0.05) is 12.6 Å². The van der Waals surface area contributed by atoms with Crippen molar-refractivity contribution in [2.75, 3.05) is 5.32 Å². The van der Waals surface area contributed by atoms with Crippen molar-refractivity contribution in [2.45, 2.75) is 20.8 Å². The van der Waals surface area contributed by atoms with Crippen LogP contribution in [0.5, 0.6) is 0 Å². The molecule has 3 aromatic rings. The van der Waals surface area contributed by atoms with E-state index in [4.69, 9.17) is 12.2 Å². The van der Waals surface area contributed by atoms with Crippen LogP contribution in [0.15, 0.2) is 36.4 Å². The first-order chi connectivity index (χ1) is 11.4. The van der Waals surface area contributed by atoms with Gasteiger partial charge in [-0.25, -0.2) is 0 Å². The summed E-state index contributed by atoms with van der Waals surface area (Å²) in [6.07, 6.45) is 0. The molecule has 0 bridgehead atoms. The number of nitrogens with zero attached hydrogens (tertiary/aromatic N) is 3. The maximum Gasteiger partial charge on any atom is 0.222 e. The zero-order valence-electron chi connectivity index (χ0n) is 13.6. The Labute approximate surface area is 144 Å². The van der Waals surface area contributed by atoms with Crippen LogP contribution in [0.25, 0.3) is 16.7 Å². The van der Waals surface area contributed by atoms with Crippen molar-refractivity contribution in [2.24, 2.45) is 0 Å². The number of anilines is 1. The number of aryl methyl sites for hydroxylation is 2. The Morgan fingerprint density at radius 3 is 2.33 bits per heavy atom. The number of carbonyl (C=O) groups excluding carboxylic acids is 1. The molecule has 0 saturated carbocycles. The molecule has 0 unspecified atom stereocenters. The van der Waals surface area contributed by atoms with Gasteiger partial charge in [-0.1, -0.05) is 17.7 Å². The van der Waals surface area contributed by atoms with E-state index in [0.717, 1.165) is 28.0 Å². The van der Waals surface area contributed by atoms with Crippen LogP contribution in [-0.4, -0.2) is 26.0 Å². The highest BCUT2D eigenvalue weighted by molar-refractivity contribution is 7.80. The lowest BCUT2D eigenvalue weighted by Crippen LogP contribution is -2.32. The van der Waals surface area contributed by atoms with Crippen molar-refractivity contribution in [3.63, 3.8) is 0 Å². The Kier molecular flexibility index (Phi) is 4.26. The molecule has 1 heterocycles. The molecule has 6 nitrogen and oxygen atoms in total. The predicted molar refractivity (Wildman–Crippen MR) is 98.4 cm³/mol. The summed E-state index contributed by atoms with van der Waals surface area (Å²) in [5.41, 5.74) is 5.38. The third-order valence-electron chi connectivity index (χ3n) is 3.53. The van der Waals surface area contributed by atoms with Gasteiger partial charge in [0.1, 0.15) is 11.0 Å². The molecule has 0 aliphatic heterocycles. The van der Waals surface area contributed by atoms with Crippen LogP contribution in [-0.2, 0) is 4.79 Å². The monoisotopic (exact) mass is 339 g/mol. The summed E-state index contributed by atoms with van der Waals surface area (Å²) in [6.45, 7) is 5.40. The van der Waals surface area contributed by atoms with Crippen molar-refractivity contribution >= 4 is 40.0 Å². The minimum atomic E-state index is -0.212. The Hall–Kier alpha value is -2.80. The Bertz CT molecular complexity index is 930. The number of fused-ring (bicyclic) bond motifs is 1. The Morgan fingerprint density at radius 2 is 1.71 bits per heavy atom. The molecule has 2 N–H and O–H groups in total. The topological polar surface area (TPSA) is 71.8 Å². The maximum absolute atomic E-state index is 11.1. The third kappa shape index (κ3) is 3.41. The van der Waals surface area contributed by atoms with Gasteiger partial charge in [-0.3, -0.25) is 4.79 Å². The van der Waals surface area contributed by atoms with Gasteiger partial charge in [-0.05, 0) is 55.9 Å². The van der Waals surface area contributed by atoms with Crippen molar-refractivity contribution in [1.29, 1.82) is 0 Å². The summed E-state index contributed by atoms with van der Waals surface area (Å²) in [4.78, 5) is 12.7. The minimum absolute atomic E-state index is 0.212. The van der Waals surface area contributed by atoms with Gasteiger partial charge in [0.25, 0.3) is 0 Å². The van der Waals surface area contributed by atoms with Crippen LogP contribution in [0.3, 0.4) is 0 Å². The maximum atomic E-state index is 11.1. The second-order valence-electron chi connectivity index (χ2n) is 5.62. The largest absolute Gasteiger partial charge is 0.332 e. The number of nitrogens with one attached hydrogen (secondary N) is 2. The van der Waals surface area contributed by atoms with E-state index in [9.17, 15) is 4.79 Å². The van der Waals surface area contributed by atoms with Crippen LogP contribution < -0.4 is 10.6 Å². The molecule has 0 spiro atoms. The SMILES string of the molecule is CC(=O)NC(=S)Nc1cc2nn(-c3ccc(C)cc3)nc2cc1C. The number of aromatic nitrogens is 3. The van der Waals surface area contributed by atoms with E-state index in [2.05, 4.69) is 20.8 Å². The van der Waals surface area contributed by atoms with Crippen LogP contribution in [0.1, 0.15) is 18.1 Å². The molecular formula is C17H17N5OS. The van der Waals surface area contributed by atoms with Crippen LogP contribution >= 0.6 is 12.2 Å². The highest BCUT2D eigenvalue weighted by Crippen LogP contribution is 2.22. The van der Waals surface area contributed by atoms with Gasteiger partial charge in [-0.2, -0.15) is 4.80 Å². The van der Waals surface area contributed by atoms with E-state index in [-0.39, 0.29) is 11.0 Å². The first kappa shape index (κ1) is 16.1. The van der Waals surface area contributed by atoms with E-state index < -0.39 is 0 Å². The fourth-order valence-electron chi connectivity index (χ4n) is 2.31. The summed E-state index contributed by atoms with van der Waals surface area (Å²) in [6, 6.07) is 11.8. The van der Waals surface area contributed by atoms with Gasteiger partial charge in [0.15, 0.2) is 5.11 Å². The molecule has 24 heavy (non-hydrogen) atoms. The second kappa shape index (κ2) is 6.37. The van der Waals surface area contributed by atoms with Crippen molar-refractivity contribution in [3.05, 3.63) is 47.5 Å². The third-order valence-corrected chi connectivity index (χ3v) is 3.73. The number of thiocarbonyl (C=S) groups is 1. The van der Waals surface area contributed by atoms with E-state index in [1.807, 2.05) is 50.2 Å². The number of amides is 1. The number of carbonyl (C=O) groups is 1. The van der Waals surface area contributed by atoms with E-state index in [1.165, 1.54) is 12.5 Å². The first-order valence-corrected chi connectivity index (χ1v) is 7.86. The number of hydrogen-bond acceptors (Lipinski definition) is 4. The summed E-state index contributed by atoms with van der Waals surface area (Å²) in [7, 11) is 0. The highest BCUT2D eigenvalue weighted by atomic mass is 32.1. The Morgan fingerprint density at radius 1 is 1.08 bits per heavy atom. The zero-order valence-corrected chi connectivity index (χ0v) is 14.4. The minimum Gasteiger partial charge on any atom is -0.332 e. The molecule has 0 radical (unpaired) electrons. The summed E-state index contributed by atoms with van der Waals surface area (Å²) >= 11 is 5.10. The van der Waals surface area contributed by atoms with Gasteiger partial charge < -0.3 is 10.6 Å². The molecule has 1 amide bonds. The van der Waals surface area contributed by atoms with E-state index >= 15 is 0 Å². The quantitative estimate of drug-likeness (QED) is 0.703. The standard InChI is InChI=1S/C17H17N5OS/c1-10-4-6-13(7-5-10)22-20-15-8-11(2)14(9-16(15)21-22)19-17(24)18-12(3)23/h4-9H,1-3H3,(H2,18,19,23,24). The lowest BCUT2D eigenvalue weighted by molar-refractivity contribution is -0.117. The molecule has 0 aliphatic carbocycles. The summed E-state index contributed by atoms with van der Waals surface area (Å²) in [5.74, 6) is -0.212. The van der Waals surface area contributed by atoms with E-state index in [1.54, 1.807) is 4.80 Å². The lowest BCUT2D eigenvalue weighted by atomic mass is 10.2. The van der Waals surface area contributed by atoms with Crippen molar-refractivity contribution < 1.29 is 4.79 Å². The first-order valence-electron chi connectivity index (χ1n) is 7.46. The van der Waals surface area contributed by atoms with Gasteiger partial charge >= 0.3 is 0 Å². The summed E-state index contributed by atoms with van der Waals surface area (Å²) < 4.78 is 0. The fourth-order valence-corrected chi connectivity index (χ4v) is 2.56. The molecule has 1 aromatic heterocycles. The molecule has 0 aliphatic rings. The molecular weight excluding hydrogens is 322 g/mol. The van der Waals surface area contributed by atoms with Crippen molar-refractivity contribution in [1.82, 2.24) is 20.3 Å². The molecule has 7 heteroatoms. The number of hydrogen-bond donors (Lipinski definition) is 2. The van der Waals surface area contributed by atoms with Gasteiger partial charge in [0.2, 0.25) is 5.91 Å². The van der Waals surface area contributed by atoms with Gasteiger partial charge in [0.05, 0.1) is 5.69 Å². The van der Waals surface area contributed by atoms with Crippen LogP contribution in [0.2, 0.25) is 0 Å². The fraction of sp³-hybridized carbons (Fsp3) is 0.176. The molecule has 0 fully saturated rings. The average molecular weight is 339 g/mol. The van der Waals surface area contributed by atoms with Crippen molar-refractivity contribution in [3.8, 4) is 5.69 Å². The van der Waals surface area contributed by atoms with Gasteiger partial charge in [-0.15, -0.1) is 10.2 Å². The lowest BCUT2D eigenvalue weighted by Gasteiger charge is -2.10. The average Bonchev–Trinajstić information content (AvgIpc) is 2.90. The van der Waals surface area contributed by atoms with Crippen LogP contribution in [0.4, 0.5) is 5.69 Å². The molecule has 2 aromatic carbocycles. The number of benzene rings is 2. The molecule has 0 atom stereocenters. The molecule has 0 saturated heterocycles. The zero-order chi connectivity index (χ0) is 17.3. The number of rotatable bonds is 2. The van der Waals surface area contributed by atoms with Crippen LogP contribution in [0, 0.1) is 13.8 Å². The highest BCUT2D eigenvalue weighted by Gasteiger charge is 2.10. The normalized spacial score (nSPS) is 10.6. The molecule has 3 rings (SSSR count). The second-order valence-corrected chi connectivity index (χ2v) is 6.02. The summed E-state index contributed by atoms with van der Waals surface area (Å²) in [5, 5.41) is 14.9. The Balaban J connectivity index is 1.94.